The second-order valence-corrected chi connectivity index (χ2v) is 7.20. The van der Waals surface area contributed by atoms with E-state index >= 15 is 0 Å². The average molecular weight is 428 g/mol. The number of nitrogens with one attached hydrogen (secondary N) is 2. The molecule has 2 N–H and O–H groups in total. The number of halogens is 6. The lowest BCUT2D eigenvalue weighted by molar-refractivity contribution is -0.0445. The number of alkyl halides is 4. The second kappa shape index (κ2) is 9.00. The maximum absolute atomic E-state index is 12.3. The molecule has 0 saturated heterocycles. The summed E-state index contributed by atoms with van der Waals surface area (Å²) in [6.07, 6.45) is 0.768. The molecular weight excluding hydrogens is 416 g/mol. The van der Waals surface area contributed by atoms with Crippen molar-refractivity contribution in [3.05, 3.63) is 45.7 Å². The van der Waals surface area contributed by atoms with Crippen molar-refractivity contribution in [1.82, 2.24) is 10.2 Å². The van der Waals surface area contributed by atoms with Crippen LogP contribution in [-0.4, -0.2) is 19.8 Å². The van der Waals surface area contributed by atoms with Gasteiger partial charge in [0.1, 0.15) is 6.61 Å². The molecular formula is C12H12Cl3F3N2O3S. The van der Waals surface area contributed by atoms with Crippen molar-refractivity contribution in [2.45, 2.75) is 18.5 Å². The minimum atomic E-state index is -5.53. The first-order valence-corrected chi connectivity index (χ1v) is 8.99. The summed E-state index contributed by atoms with van der Waals surface area (Å²) in [6, 6.07) is 4.68. The first kappa shape index (κ1) is 21.2. The molecule has 0 fully saturated rings. The Morgan fingerprint density at radius 3 is 2.50 bits per heavy atom. The van der Waals surface area contributed by atoms with Gasteiger partial charge in [-0.15, -0.1) is 11.6 Å². The van der Waals surface area contributed by atoms with Crippen LogP contribution in [0.3, 0.4) is 0 Å². The van der Waals surface area contributed by atoms with Crippen molar-refractivity contribution in [2.75, 3.05) is 5.88 Å². The van der Waals surface area contributed by atoms with Gasteiger partial charge in [-0.2, -0.15) is 21.6 Å². The molecule has 1 aromatic rings. The summed E-state index contributed by atoms with van der Waals surface area (Å²) in [5.41, 5.74) is -2.96. The van der Waals surface area contributed by atoms with Gasteiger partial charge >= 0.3 is 15.5 Å². The number of rotatable bonds is 8. The van der Waals surface area contributed by atoms with Crippen LogP contribution in [0.25, 0.3) is 0 Å². The van der Waals surface area contributed by atoms with E-state index in [1.54, 1.807) is 12.1 Å². The van der Waals surface area contributed by atoms with Crippen molar-refractivity contribution in [1.29, 1.82) is 0 Å². The maximum atomic E-state index is 12.3. The molecule has 0 spiro atoms. The van der Waals surface area contributed by atoms with Gasteiger partial charge in [0.05, 0.1) is 0 Å². The molecule has 0 bridgehead atoms. The van der Waals surface area contributed by atoms with E-state index in [4.69, 9.17) is 39.6 Å². The highest BCUT2D eigenvalue weighted by Gasteiger charge is 2.46. The standard InChI is InChI=1S/C12H12Cl3F3N2O3S/c13-4-3-10(20-24(21,22)12(16,17)18)6-19-23-7-8-1-2-9(14)5-11(8)15/h1-2,5-6,19-20H,3-4,7H2. The molecule has 5 nitrogen and oxygen atoms in total. The first-order chi connectivity index (χ1) is 11.1. The van der Waals surface area contributed by atoms with E-state index < -0.39 is 15.5 Å². The van der Waals surface area contributed by atoms with Gasteiger partial charge in [-0.3, -0.25) is 15.0 Å². The van der Waals surface area contributed by atoms with Crippen LogP contribution >= 0.6 is 34.8 Å². The summed E-state index contributed by atoms with van der Waals surface area (Å²) in [5.74, 6) is -0.100. The Kier molecular flexibility index (Phi) is 7.94. The van der Waals surface area contributed by atoms with Crippen molar-refractivity contribution >= 4 is 44.8 Å². The molecule has 12 heteroatoms. The molecule has 1 aromatic carbocycles. The lowest BCUT2D eigenvalue weighted by Gasteiger charge is -2.13. The van der Waals surface area contributed by atoms with E-state index in [2.05, 4.69) is 5.48 Å². The highest BCUT2D eigenvalue weighted by molar-refractivity contribution is 7.90. The van der Waals surface area contributed by atoms with Gasteiger partial charge in [-0.1, -0.05) is 29.3 Å². The molecule has 0 amide bonds. The molecule has 0 aliphatic heterocycles. The third kappa shape index (κ3) is 6.56. The fourth-order valence-corrected chi connectivity index (χ4v) is 2.64. The molecule has 1 rings (SSSR count). The van der Waals surface area contributed by atoms with Crippen LogP contribution in [0.15, 0.2) is 30.1 Å². The van der Waals surface area contributed by atoms with Crippen LogP contribution in [0.5, 0.6) is 0 Å². The number of benzene rings is 1. The molecule has 0 aliphatic carbocycles. The van der Waals surface area contributed by atoms with Crippen molar-refractivity contribution in [3.8, 4) is 0 Å². The summed E-state index contributed by atoms with van der Waals surface area (Å²) in [5, 5.41) is 0.773. The molecule has 0 aromatic heterocycles. The number of hydroxylamine groups is 1. The zero-order chi connectivity index (χ0) is 18.4. The lowest BCUT2D eigenvalue weighted by atomic mass is 10.2. The first-order valence-electron chi connectivity index (χ1n) is 6.22. The predicted molar refractivity (Wildman–Crippen MR) is 85.9 cm³/mol. The zero-order valence-electron chi connectivity index (χ0n) is 11.8. The van der Waals surface area contributed by atoms with Crippen molar-refractivity contribution < 1.29 is 26.4 Å². The Morgan fingerprint density at radius 2 is 1.96 bits per heavy atom. The van der Waals surface area contributed by atoms with Crippen LogP contribution in [-0.2, 0) is 21.5 Å². The smallest absolute Gasteiger partial charge is 0.278 e. The number of allylic oxidation sites excluding steroid dienone is 1. The van der Waals surface area contributed by atoms with Crippen molar-refractivity contribution in [3.63, 3.8) is 0 Å². The minimum Gasteiger partial charge on any atom is -0.278 e. The van der Waals surface area contributed by atoms with E-state index in [0.717, 1.165) is 6.20 Å². The SMILES string of the molecule is O=S(=O)(NC(=CNOCc1ccc(Cl)cc1Cl)CCCl)C(F)(F)F. The highest BCUT2D eigenvalue weighted by atomic mass is 35.5. The summed E-state index contributed by atoms with van der Waals surface area (Å²) >= 11 is 17.1. The van der Waals surface area contributed by atoms with E-state index in [1.165, 1.54) is 10.8 Å². The van der Waals surface area contributed by atoms with Gasteiger partial charge in [0.25, 0.3) is 0 Å². The minimum absolute atomic E-state index is 0.0350. The molecule has 24 heavy (non-hydrogen) atoms. The maximum Gasteiger partial charge on any atom is 0.516 e. The van der Waals surface area contributed by atoms with Crippen LogP contribution < -0.4 is 10.2 Å². The van der Waals surface area contributed by atoms with Gasteiger partial charge in [0.2, 0.25) is 0 Å². The van der Waals surface area contributed by atoms with E-state index in [0.29, 0.717) is 15.6 Å². The van der Waals surface area contributed by atoms with Crippen LogP contribution in [0.2, 0.25) is 10.0 Å². The molecule has 0 saturated carbocycles. The fraction of sp³-hybridized carbons (Fsp3) is 0.333. The average Bonchev–Trinajstić information content (AvgIpc) is 2.44. The summed E-state index contributed by atoms with van der Waals surface area (Å²) in [4.78, 5) is 5.00. The Hall–Kier alpha value is -0.870. The van der Waals surface area contributed by atoms with E-state index in [-0.39, 0.29) is 24.6 Å². The summed E-state index contributed by atoms with van der Waals surface area (Å²) < 4.78 is 60.5. The molecule has 0 heterocycles. The van der Waals surface area contributed by atoms with Gasteiger partial charge < -0.3 is 0 Å². The number of sulfonamides is 1. The summed E-state index contributed by atoms with van der Waals surface area (Å²) in [6.45, 7) is -0.0350. The second-order valence-electron chi connectivity index (χ2n) is 4.30. The number of hydrogen-bond acceptors (Lipinski definition) is 4. The molecule has 0 aliphatic rings. The van der Waals surface area contributed by atoms with Crippen LogP contribution in [0.1, 0.15) is 12.0 Å². The zero-order valence-corrected chi connectivity index (χ0v) is 14.9. The van der Waals surface area contributed by atoms with E-state index in [1.807, 2.05) is 0 Å². The molecule has 136 valence electrons. The van der Waals surface area contributed by atoms with E-state index in [9.17, 15) is 21.6 Å². The van der Waals surface area contributed by atoms with Crippen LogP contribution in [0.4, 0.5) is 13.2 Å². The van der Waals surface area contributed by atoms with Crippen molar-refractivity contribution in [2.24, 2.45) is 0 Å². The predicted octanol–water partition coefficient (Wildman–Crippen LogP) is 3.92. The quantitative estimate of drug-likeness (QED) is 0.375. The van der Waals surface area contributed by atoms with Gasteiger partial charge in [0, 0.05) is 34.2 Å². The highest BCUT2D eigenvalue weighted by Crippen LogP contribution is 2.23. The molecule has 0 atom stereocenters. The molecule has 0 radical (unpaired) electrons. The number of hydrogen-bond donors (Lipinski definition) is 2. The fourth-order valence-electron chi connectivity index (χ4n) is 1.36. The van der Waals surface area contributed by atoms with Crippen LogP contribution in [0, 0.1) is 0 Å². The third-order valence-electron chi connectivity index (χ3n) is 2.49. The Bertz CT molecular complexity index is 697. The Balaban J connectivity index is 2.67. The Morgan fingerprint density at radius 1 is 1.29 bits per heavy atom. The van der Waals surface area contributed by atoms with Gasteiger partial charge in [-0.05, 0) is 17.7 Å². The monoisotopic (exact) mass is 426 g/mol. The topological polar surface area (TPSA) is 67.4 Å². The normalized spacial score (nSPS) is 13.0. The summed E-state index contributed by atoms with van der Waals surface area (Å²) in [7, 11) is -5.53. The molecule has 0 unspecified atom stereocenters. The van der Waals surface area contributed by atoms with Gasteiger partial charge in [-0.25, -0.2) is 0 Å². The largest absolute Gasteiger partial charge is 0.516 e. The Labute approximate surface area is 151 Å². The van der Waals surface area contributed by atoms with Gasteiger partial charge in [0.15, 0.2) is 0 Å². The lowest BCUT2D eigenvalue weighted by Crippen LogP contribution is -2.36. The third-order valence-corrected chi connectivity index (χ3v) is 4.41.